The van der Waals surface area contributed by atoms with Gasteiger partial charge < -0.3 is 15.0 Å². The van der Waals surface area contributed by atoms with Gasteiger partial charge >= 0.3 is 0 Å². The van der Waals surface area contributed by atoms with Crippen LogP contribution in [0, 0.1) is 5.92 Å². The molecule has 0 aliphatic heterocycles. The minimum absolute atomic E-state index is 0.331. The minimum Gasteiger partial charge on any atom is -0.378 e. The van der Waals surface area contributed by atoms with E-state index in [9.17, 15) is 0 Å². The van der Waals surface area contributed by atoms with Gasteiger partial charge in [-0.1, -0.05) is 13.8 Å². The quantitative estimate of drug-likeness (QED) is 0.555. The van der Waals surface area contributed by atoms with Crippen molar-refractivity contribution < 1.29 is 4.74 Å². The molecule has 0 aromatic heterocycles. The molecule has 4 nitrogen and oxygen atoms in total. The number of hydrogen-bond acceptors (Lipinski definition) is 2. The molecule has 0 radical (unpaired) electrons. The van der Waals surface area contributed by atoms with Crippen LogP contribution in [0.15, 0.2) is 4.99 Å². The molecule has 0 fully saturated rings. The van der Waals surface area contributed by atoms with E-state index in [1.54, 1.807) is 7.05 Å². The lowest BCUT2D eigenvalue weighted by molar-refractivity contribution is 0.0257. The molecular formula is C12H27N3O. The van der Waals surface area contributed by atoms with Gasteiger partial charge in [0.15, 0.2) is 5.96 Å². The Balaban J connectivity index is 3.94. The molecule has 0 amide bonds. The summed E-state index contributed by atoms with van der Waals surface area (Å²) in [6.07, 6.45) is 1.34. The Labute approximate surface area is 100 Å². The highest BCUT2D eigenvalue weighted by atomic mass is 16.5. The largest absolute Gasteiger partial charge is 0.378 e. The van der Waals surface area contributed by atoms with Crippen LogP contribution in [0.3, 0.4) is 0 Å². The Morgan fingerprint density at radius 3 is 2.38 bits per heavy atom. The van der Waals surface area contributed by atoms with Crippen molar-refractivity contribution in [1.82, 2.24) is 10.2 Å². The zero-order chi connectivity index (χ0) is 12.6. The SMILES string of the molecule is CCOC(CCNC(=NC)N(C)C)C(C)C. The normalized spacial score (nSPS) is 14.1. The molecule has 1 N–H and O–H groups in total. The molecule has 0 bridgehead atoms. The van der Waals surface area contributed by atoms with Crippen molar-refractivity contribution in [2.45, 2.75) is 33.3 Å². The lowest BCUT2D eigenvalue weighted by Crippen LogP contribution is -2.38. The summed E-state index contributed by atoms with van der Waals surface area (Å²) in [5, 5.41) is 3.31. The van der Waals surface area contributed by atoms with Crippen LogP contribution in [0.4, 0.5) is 0 Å². The number of hydrogen-bond donors (Lipinski definition) is 1. The fourth-order valence-electron chi connectivity index (χ4n) is 1.59. The first-order valence-electron chi connectivity index (χ1n) is 6.02. The second-order valence-corrected chi connectivity index (χ2v) is 4.39. The molecule has 0 aromatic rings. The van der Waals surface area contributed by atoms with Gasteiger partial charge in [0.1, 0.15) is 0 Å². The molecule has 4 heteroatoms. The van der Waals surface area contributed by atoms with E-state index in [1.807, 2.05) is 25.9 Å². The lowest BCUT2D eigenvalue weighted by Gasteiger charge is -2.22. The van der Waals surface area contributed by atoms with Crippen molar-refractivity contribution in [3.8, 4) is 0 Å². The van der Waals surface area contributed by atoms with Crippen molar-refractivity contribution in [2.75, 3.05) is 34.3 Å². The van der Waals surface area contributed by atoms with E-state index in [0.717, 1.165) is 25.5 Å². The molecule has 0 aliphatic carbocycles. The van der Waals surface area contributed by atoms with Crippen LogP contribution in [0.5, 0.6) is 0 Å². The van der Waals surface area contributed by atoms with Crippen LogP contribution in [0.25, 0.3) is 0 Å². The van der Waals surface area contributed by atoms with Crippen LogP contribution in [-0.4, -0.2) is 51.3 Å². The van der Waals surface area contributed by atoms with E-state index in [2.05, 4.69) is 24.2 Å². The van der Waals surface area contributed by atoms with Gasteiger partial charge in [0.25, 0.3) is 0 Å². The van der Waals surface area contributed by atoms with E-state index in [4.69, 9.17) is 4.74 Å². The average Bonchev–Trinajstić information content (AvgIpc) is 2.21. The van der Waals surface area contributed by atoms with Crippen molar-refractivity contribution >= 4 is 5.96 Å². The van der Waals surface area contributed by atoms with Gasteiger partial charge in [-0.25, -0.2) is 0 Å². The monoisotopic (exact) mass is 229 g/mol. The van der Waals surface area contributed by atoms with Crippen LogP contribution in [0.1, 0.15) is 27.2 Å². The molecule has 0 rings (SSSR count). The molecule has 16 heavy (non-hydrogen) atoms. The van der Waals surface area contributed by atoms with Gasteiger partial charge in [0.05, 0.1) is 6.10 Å². The summed E-state index contributed by atoms with van der Waals surface area (Å²) in [5.74, 6) is 1.47. The fourth-order valence-corrected chi connectivity index (χ4v) is 1.59. The molecule has 0 aliphatic rings. The first kappa shape index (κ1) is 15.2. The Kier molecular flexibility index (Phi) is 7.99. The summed E-state index contributed by atoms with van der Waals surface area (Å²) < 4.78 is 5.69. The van der Waals surface area contributed by atoms with Crippen LogP contribution in [-0.2, 0) is 4.74 Å². The molecule has 0 aromatic carbocycles. The maximum Gasteiger partial charge on any atom is 0.193 e. The molecule has 0 heterocycles. The molecule has 0 saturated heterocycles. The smallest absolute Gasteiger partial charge is 0.193 e. The highest BCUT2D eigenvalue weighted by Gasteiger charge is 2.13. The second-order valence-electron chi connectivity index (χ2n) is 4.39. The lowest BCUT2D eigenvalue weighted by atomic mass is 10.0. The van der Waals surface area contributed by atoms with Crippen LogP contribution in [0.2, 0.25) is 0 Å². The van der Waals surface area contributed by atoms with Crippen molar-refractivity contribution in [1.29, 1.82) is 0 Å². The summed E-state index contributed by atoms with van der Waals surface area (Å²) in [7, 11) is 5.76. The summed E-state index contributed by atoms with van der Waals surface area (Å²) >= 11 is 0. The summed E-state index contributed by atoms with van der Waals surface area (Å²) in [6.45, 7) is 8.11. The molecule has 1 atom stereocenters. The summed E-state index contributed by atoms with van der Waals surface area (Å²) in [4.78, 5) is 6.14. The summed E-state index contributed by atoms with van der Waals surface area (Å²) in [6, 6.07) is 0. The third-order valence-corrected chi connectivity index (χ3v) is 2.47. The van der Waals surface area contributed by atoms with E-state index in [-0.39, 0.29) is 0 Å². The topological polar surface area (TPSA) is 36.9 Å². The van der Waals surface area contributed by atoms with E-state index in [1.165, 1.54) is 0 Å². The molecule has 96 valence electrons. The Hall–Kier alpha value is -0.770. The molecule has 0 saturated carbocycles. The predicted octanol–water partition coefficient (Wildman–Crippen LogP) is 1.57. The Bertz CT molecular complexity index is 202. The van der Waals surface area contributed by atoms with Crippen molar-refractivity contribution in [2.24, 2.45) is 10.9 Å². The van der Waals surface area contributed by atoms with Crippen LogP contribution >= 0.6 is 0 Å². The number of ether oxygens (including phenoxy) is 1. The Morgan fingerprint density at radius 2 is 2.00 bits per heavy atom. The van der Waals surface area contributed by atoms with Gasteiger partial charge in [0, 0.05) is 34.3 Å². The predicted molar refractivity (Wildman–Crippen MR) is 69.9 cm³/mol. The van der Waals surface area contributed by atoms with Gasteiger partial charge in [-0.2, -0.15) is 0 Å². The minimum atomic E-state index is 0.331. The average molecular weight is 229 g/mol. The zero-order valence-electron chi connectivity index (χ0n) is 11.6. The molecule has 0 spiro atoms. The van der Waals surface area contributed by atoms with Gasteiger partial charge in [0.2, 0.25) is 0 Å². The number of rotatable bonds is 6. The van der Waals surface area contributed by atoms with E-state index < -0.39 is 0 Å². The number of nitrogens with one attached hydrogen (secondary N) is 1. The van der Waals surface area contributed by atoms with Crippen LogP contribution < -0.4 is 5.32 Å². The van der Waals surface area contributed by atoms with E-state index in [0.29, 0.717) is 12.0 Å². The molecular weight excluding hydrogens is 202 g/mol. The number of nitrogens with zero attached hydrogens (tertiary/aromatic N) is 2. The highest BCUT2D eigenvalue weighted by Crippen LogP contribution is 2.09. The third-order valence-electron chi connectivity index (χ3n) is 2.47. The number of guanidine groups is 1. The van der Waals surface area contributed by atoms with Crippen molar-refractivity contribution in [3.05, 3.63) is 0 Å². The van der Waals surface area contributed by atoms with Crippen molar-refractivity contribution in [3.63, 3.8) is 0 Å². The van der Waals surface area contributed by atoms with E-state index >= 15 is 0 Å². The fraction of sp³-hybridized carbons (Fsp3) is 0.917. The standard InChI is InChI=1S/C12H27N3O/c1-7-16-11(10(2)3)8-9-14-12(13-4)15(5)6/h10-11H,7-9H2,1-6H3,(H,13,14). The van der Waals surface area contributed by atoms with Gasteiger partial charge in [-0.05, 0) is 19.3 Å². The zero-order valence-corrected chi connectivity index (χ0v) is 11.6. The van der Waals surface area contributed by atoms with Gasteiger partial charge in [-0.3, -0.25) is 4.99 Å². The maximum atomic E-state index is 5.69. The third kappa shape index (κ3) is 5.95. The van der Waals surface area contributed by atoms with Gasteiger partial charge in [-0.15, -0.1) is 0 Å². The summed E-state index contributed by atoms with van der Waals surface area (Å²) in [5.41, 5.74) is 0. The first-order valence-corrected chi connectivity index (χ1v) is 6.02. The number of aliphatic imine (C=N–C) groups is 1. The Morgan fingerprint density at radius 1 is 1.38 bits per heavy atom. The first-order chi connectivity index (χ1) is 7.52. The highest BCUT2D eigenvalue weighted by molar-refractivity contribution is 5.79. The second kappa shape index (κ2) is 8.39. The molecule has 1 unspecified atom stereocenters. The maximum absolute atomic E-state index is 5.69.